The first-order valence-corrected chi connectivity index (χ1v) is 11.3. The number of rotatable bonds is 4. The maximum Gasteiger partial charge on any atom is 0.225 e. The molecule has 1 atom stereocenters. The fraction of sp³-hybridized carbons (Fsp3) is 0.333. The number of fused-ring (bicyclic) bond motifs is 1. The number of piperazine rings is 1. The Kier molecular flexibility index (Phi) is 5.55. The summed E-state index contributed by atoms with van der Waals surface area (Å²) < 4.78 is 0. The second-order valence-corrected chi connectivity index (χ2v) is 8.56. The lowest BCUT2D eigenvalue weighted by molar-refractivity contribution is 0.473. The smallest absolute Gasteiger partial charge is 0.225 e. The number of aromatic nitrogens is 3. The molecule has 0 radical (unpaired) electrons. The maximum atomic E-state index is 10.2. The van der Waals surface area contributed by atoms with E-state index in [9.17, 15) is 5.11 Å². The maximum absolute atomic E-state index is 10.2. The van der Waals surface area contributed by atoms with Crippen molar-refractivity contribution in [3.63, 3.8) is 0 Å². The van der Waals surface area contributed by atoms with Gasteiger partial charge in [0.05, 0.1) is 24.1 Å². The summed E-state index contributed by atoms with van der Waals surface area (Å²) in [6.07, 6.45) is 6.47. The zero-order valence-corrected chi connectivity index (χ0v) is 18.8. The van der Waals surface area contributed by atoms with Gasteiger partial charge in [-0.3, -0.25) is 0 Å². The van der Waals surface area contributed by atoms with Gasteiger partial charge in [0.25, 0.3) is 0 Å². The van der Waals surface area contributed by atoms with E-state index in [4.69, 9.17) is 21.4 Å². The number of phenolic OH excluding ortho intramolecular Hbond substituents is 1. The van der Waals surface area contributed by atoms with Crippen molar-refractivity contribution in [2.75, 3.05) is 48.3 Å². The molecule has 9 heteroatoms. The van der Waals surface area contributed by atoms with Crippen molar-refractivity contribution in [2.45, 2.75) is 19.4 Å². The summed E-state index contributed by atoms with van der Waals surface area (Å²) in [6, 6.07) is 7.04. The number of H-pyrrole nitrogens is 1. The van der Waals surface area contributed by atoms with Crippen molar-refractivity contribution >= 4 is 29.2 Å². The summed E-state index contributed by atoms with van der Waals surface area (Å²) in [7, 11) is 0. The van der Waals surface area contributed by atoms with Gasteiger partial charge in [-0.2, -0.15) is 0 Å². The van der Waals surface area contributed by atoms with Crippen LogP contribution in [0.5, 0.6) is 5.75 Å². The third-order valence-corrected chi connectivity index (χ3v) is 6.56. The normalized spacial score (nSPS) is 18.9. The van der Waals surface area contributed by atoms with E-state index in [1.165, 1.54) is 0 Å². The highest BCUT2D eigenvalue weighted by Crippen LogP contribution is 2.38. The summed E-state index contributed by atoms with van der Waals surface area (Å²) in [5.74, 6) is 1.42. The first-order valence-electron chi connectivity index (χ1n) is 11.3. The van der Waals surface area contributed by atoms with Crippen LogP contribution in [0.15, 0.2) is 36.7 Å². The quantitative estimate of drug-likeness (QED) is 0.412. The molecule has 0 amide bonds. The lowest BCUT2D eigenvalue weighted by Crippen LogP contribution is -2.43. The monoisotopic (exact) mass is 446 g/mol. The van der Waals surface area contributed by atoms with Crippen LogP contribution in [0.4, 0.5) is 17.5 Å². The van der Waals surface area contributed by atoms with Gasteiger partial charge in [0.2, 0.25) is 5.95 Å². The zero-order valence-electron chi connectivity index (χ0n) is 18.8. The molecule has 2 aliphatic rings. The van der Waals surface area contributed by atoms with Crippen LogP contribution < -0.4 is 26.6 Å². The first kappa shape index (κ1) is 21.1. The van der Waals surface area contributed by atoms with E-state index in [-0.39, 0.29) is 11.8 Å². The predicted molar refractivity (Wildman–Crippen MR) is 132 cm³/mol. The SMILES string of the molecule is CC1c2c([nH]c(N)c2/C=C(\N)c2ccccc2O)CCN1c1ncc(N2CCNCC2)cn1. The molecule has 9 nitrogen and oxygen atoms in total. The number of para-hydroxylation sites is 1. The van der Waals surface area contributed by atoms with Crippen LogP contribution in [0.2, 0.25) is 0 Å². The topological polar surface area (TPSA) is 132 Å². The number of aromatic hydroxyl groups is 1. The molecule has 4 heterocycles. The van der Waals surface area contributed by atoms with Gasteiger partial charge < -0.3 is 36.7 Å². The third kappa shape index (κ3) is 3.95. The molecule has 5 rings (SSSR count). The molecule has 1 unspecified atom stereocenters. The number of anilines is 3. The van der Waals surface area contributed by atoms with Gasteiger partial charge in [0.1, 0.15) is 11.6 Å². The fourth-order valence-corrected chi connectivity index (χ4v) is 4.79. The van der Waals surface area contributed by atoms with E-state index in [0.29, 0.717) is 23.0 Å². The highest BCUT2D eigenvalue weighted by molar-refractivity contribution is 5.86. The standard InChI is InChI=1S/C24H30N8O/c1-15-22-18(12-19(25)17-4-2-3-5-21(17)33)23(26)30-20(22)6-9-32(15)24-28-13-16(14-29-24)31-10-7-27-8-11-31/h2-5,12-15,27,30,33H,6-11,25-26H2,1H3/b19-12-. The molecule has 0 bridgehead atoms. The van der Waals surface area contributed by atoms with Gasteiger partial charge in [-0.15, -0.1) is 0 Å². The summed E-state index contributed by atoms with van der Waals surface area (Å²) in [6.45, 7) is 6.79. The Labute approximate surface area is 193 Å². The molecule has 7 N–H and O–H groups in total. The second-order valence-electron chi connectivity index (χ2n) is 8.56. The van der Waals surface area contributed by atoms with Gasteiger partial charge >= 0.3 is 0 Å². The largest absolute Gasteiger partial charge is 0.507 e. The number of nitrogens with one attached hydrogen (secondary N) is 2. The molecule has 0 saturated carbocycles. The molecule has 2 aromatic heterocycles. The molecular weight excluding hydrogens is 416 g/mol. The number of nitrogen functional groups attached to an aromatic ring is 1. The molecule has 1 saturated heterocycles. The number of nitrogens with zero attached hydrogens (tertiary/aromatic N) is 4. The summed E-state index contributed by atoms with van der Waals surface area (Å²) in [5.41, 5.74) is 17.8. The van der Waals surface area contributed by atoms with Crippen molar-refractivity contribution in [2.24, 2.45) is 5.73 Å². The number of hydrogen-bond donors (Lipinski definition) is 5. The number of nitrogens with two attached hydrogens (primary N) is 2. The van der Waals surface area contributed by atoms with Crippen molar-refractivity contribution in [3.05, 3.63) is 59.0 Å². The predicted octanol–water partition coefficient (Wildman–Crippen LogP) is 2.08. The Hall–Kier alpha value is -3.72. The van der Waals surface area contributed by atoms with E-state index < -0.39 is 0 Å². The van der Waals surface area contributed by atoms with E-state index in [1.807, 2.05) is 24.5 Å². The fourth-order valence-electron chi connectivity index (χ4n) is 4.79. The lowest BCUT2D eigenvalue weighted by atomic mass is 9.95. The zero-order chi connectivity index (χ0) is 22.9. The van der Waals surface area contributed by atoms with Crippen LogP contribution in [0, 0.1) is 0 Å². The van der Waals surface area contributed by atoms with Crippen LogP contribution in [0.1, 0.15) is 35.3 Å². The molecule has 1 aromatic carbocycles. The van der Waals surface area contributed by atoms with Gasteiger partial charge in [0.15, 0.2) is 0 Å². The van der Waals surface area contributed by atoms with Crippen molar-refractivity contribution in [3.8, 4) is 5.75 Å². The third-order valence-electron chi connectivity index (χ3n) is 6.56. The van der Waals surface area contributed by atoms with E-state index >= 15 is 0 Å². The minimum Gasteiger partial charge on any atom is -0.507 e. The highest BCUT2D eigenvalue weighted by Gasteiger charge is 2.30. The number of benzene rings is 1. The molecule has 0 spiro atoms. The lowest BCUT2D eigenvalue weighted by Gasteiger charge is -2.34. The summed E-state index contributed by atoms with van der Waals surface area (Å²) in [5, 5.41) is 13.6. The molecule has 3 aromatic rings. The van der Waals surface area contributed by atoms with Crippen LogP contribution >= 0.6 is 0 Å². The highest BCUT2D eigenvalue weighted by atomic mass is 16.3. The molecule has 33 heavy (non-hydrogen) atoms. The van der Waals surface area contributed by atoms with Gasteiger partial charge in [-0.05, 0) is 25.1 Å². The second kappa shape index (κ2) is 8.67. The summed E-state index contributed by atoms with van der Waals surface area (Å²) in [4.78, 5) is 17.2. The van der Waals surface area contributed by atoms with Crippen molar-refractivity contribution < 1.29 is 5.11 Å². The molecule has 1 fully saturated rings. The van der Waals surface area contributed by atoms with Crippen molar-refractivity contribution in [1.29, 1.82) is 0 Å². The molecule has 172 valence electrons. The summed E-state index contributed by atoms with van der Waals surface area (Å²) >= 11 is 0. The average Bonchev–Trinajstić information content (AvgIpc) is 3.16. The van der Waals surface area contributed by atoms with Gasteiger partial charge in [-0.25, -0.2) is 9.97 Å². The van der Waals surface area contributed by atoms with E-state index in [2.05, 4.69) is 27.0 Å². The Morgan fingerprint density at radius 1 is 1.15 bits per heavy atom. The number of aromatic amines is 1. The number of phenols is 1. The minimum atomic E-state index is 0.00996. The van der Waals surface area contributed by atoms with Crippen LogP contribution in [-0.4, -0.2) is 52.8 Å². The minimum absolute atomic E-state index is 0.00996. The van der Waals surface area contributed by atoms with Gasteiger partial charge in [-0.1, -0.05) is 12.1 Å². The van der Waals surface area contributed by atoms with Crippen LogP contribution in [0.25, 0.3) is 11.8 Å². The van der Waals surface area contributed by atoms with E-state index in [0.717, 1.165) is 61.7 Å². The molecule has 2 aliphatic heterocycles. The Morgan fingerprint density at radius 2 is 1.88 bits per heavy atom. The average molecular weight is 447 g/mol. The molecular formula is C24H30N8O. The molecule has 0 aliphatic carbocycles. The number of hydrogen-bond acceptors (Lipinski definition) is 8. The van der Waals surface area contributed by atoms with Crippen LogP contribution in [-0.2, 0) is 6.42 Å². The Morgan fingerprint density at radius 3 is 2.61 bits per heavy atom. The first-order chi connectivity index (χ1) is 16.0. The van der Waals surface area contributed by atoms with Gasteiger partial charge in [0, 0.05) is 67.2 Å². The van der Waals surface area contributed by atoms with Crippen LogP contribution in [0.3, 0.4) is 0 Å². The Balaban J connectivity index is 1.44. The van der Waals surface area contributed by atoms with E-state index in [1.54, 1.807) is 18.2 Å². The van der Waals surface area contributed by atoms with Crippen molar-refractivity contribution in [1.82, 2.24) is 20.3 Å². The Bertz CT molecular complexity index is 1160.